The molecule has 0 aromatic rings. The quantitative estimate of drug-likeness (QED) is 0.794. The van der Waals surface area contributed by atoms with Gasteiger partial charge in [-0.3, -0.25) is 0 Å². The van der Waals surface area contributed by atoms with Crippen molar-refractivity contribution in [1.29, 1.82) is 0 Å². The van der Waals surface area contributed by atoms with Crippen LogP contribution in [0.1, 0.15) is 59.8 Å². The van der Waals surface area contributed by atoms with E-state index in [2.05, 4.69) is 33.0 Å². The summed E-state index contributed by atoms with van der Waals surface area (Å²) in [6.45, 7) is 10.3. The van der Waals surface area contributed by atoms with Crippen molar-refractivity contribution in [1.82, 2.24) is 5.32 Å². The van der Waals surface area contributed by atoms with E-state index in [4.69, 9.17) is 4.74 Å². The van der Waals surface area contributed by atoms with Crippen LogP contribution in [0.15, 0.2) is 0 Å². The number of nitrogens with one attached hydrogen (secondary N) is 1. The molecule has 1 saturated carbocycles. The first-order valence-electron chi connectivity index (χ1n) is 7.33. The van der Waals surface area contributed by atoms with Crippen molar-refractivity contribution in [3.8, 4) is 0 Å². The second-order valence-corrected chi connectivity index (χ2v) is 7.24. The Labute approximate surface area is 107 Å². The van der Waals surface area contributed by atoms with Crippen molar-refractivity contribution in [2.24, 2.45) is 11.3 Å². The summed E-state index contributed by atoms with van der Waals surface area (Å²) < 4.78 is 5.87. The van der Waals surface area contributed by atoms with Crippen LogP contribution in [0.3, 0.4) is 0 Å². The zero-order valence-corrected chi connectivity index (χ0v) is 12.0. The lowest BCUT2D eigenvalue weighted by atomic mass is 9.88. The molecule has 1 saturated heterocycles. The van der Waals surface area contributed by atoms with Gasteiger partial charge >= 0.3 is 0 Å². The van der Waals surface area contributed by atoms with Crippen LogP contribution in [0.2, 0.25) is 0 Å². The highest BCUT2D eigenvalue weighted by Crippen LogP contribution is 2.39. The van der Waals surface area contributed by atoms with Gasteiger partial charge in [0.2, 0.25) is 0 Å². The van der Waals surface area contributed by atoms with E-state index in [1.54, 1.807) is 0 Å². The van der Waals surface area contributed by atoms with Gasteiger partial charge in [0.25, 0.3) is 0 Å². The Balaban J connectivity index is 1.72. The van der Waals surface area contributed by atoms with Gasteiger partial charge in [0.1, 0.15) is 0 Å². The number of hydrogen-bond donors (Lipinski definition) is 1. The maximum Gasteiger partial charge on any atom is 0.0757 e. The van der Waals surface area contributed by atoms with Gasteiger partial charge in [-0.1, -0.05) is 20.8 Å². The van der Waals surface area contributed by atoms with Gasteiger partial charge in [-0.05, 0) is 50.4 Å². The monoisotopic (exact) mass is 239 g/mol. The third-order valence-electron chi connectivity index (χ3n) is 4.05. The van der Waals surface area contributed by atoms with Crippen LogP contribution in [-0.4, -0.2) is 24.8 Å². The molecule has 3 unspecified atom stereocenters. The lowest BCUT2D eigenvalue weighted by Gasteiger charge is -2.26. The minimum atomic E-state index is 0.456. The van der Waals surface area contributed by atoms with Crippen LogP contribution in [0.4, 0.5) is 0 Å². The lowest BCUT2D eigenvalue weighted by molar-refractivity contribution is 0.0787. The minimum absolute atomic E-state index is 0.456. The third-order valence-corrected chi connectivity index (χ3v) is 4.05. The molecule has 2 aliphatic rings. The Kier molecular flexibility index (Phi) is 4.14. The number of hydrogen-bond acceptors (Lipinski definition) is 2. The van der Waals surface area contributed by atoms with E-state index in [9.17, 15) is 0 Å². The van der Waals surface area contributed by atoms with Crippen LogP contribution >= 0.6 is 0 Å². The fraction of sp³-hybridized carbons (Fsp3) is 1.00. The maximum atomic E-state index is 5.87. The Morgan fingerprint density at radius 3 is 2.53 bits per heavy atom. The molecule has 100 valence electrons. The highest BCUT2D eigenvalue weighted by Gasteiger charge is 2.40. The van der Waals surface area contributed by atoms with E-state index in [0.717, 1.165) is 12.5 Å². The fourth-order valence-electron chi connectivity index (χ4n) is 2.78. The highest BCUT2D eigenvalue weighted by atomic mass is 16.5. The first-order chi connectivity index (χ1) is 7.96. The topological polar surface area (TPSA) is 21.3 Å². The summed E-state index contributed by atoms with van der Waals surface area (Å²) in [6, 6.07) is 1.25. The number of rotatable bonds is 5. The van der Waals surface area contributed by atoms with Gasteiger partial charge in [0.05, 0.1) is 6.10 Å². The molecule has 0 aromatic carbocycles. The molecule has 0 radical (unpaired) electrons. The molecule has 2 rings (SSSR count). The minimum Gasteiger partial charge on any atom is -0.376 e. The standard InChI is InChI=1S/C15H29NO/c1-11(7-9-15(2,3)4)16-13-8-10-17-14(13)12-5-6-12/h11-14,16H,5-10H2,1-4H3. The van der Waals surface area contributed by atoms with Crippen LogP contribution in [-0.2, 0) is 4.74 Å². The van der Waals surface area contributed by atoms with Crippen LogP contribution in [0.5, 0.6) is 0 Å². The summed E-state index contributed by atoms with van der Waals surface area (Å²) in [5.41, 5.74) is 0.456. The van der Waals surface area contributed by atoms with Crippen molar-refractivity contribution in [2.75, 3.05) is 6.61 Å². The zero-order valence-electron chi connectivity index (χ0n) is 12.0. The summed E-state index contributed by atoms with van der Waals surface area (Å²) in [7, 11) is 0. The first-order valence-corrected chi connectivity index (χ1v) is 7.33. The molecule has 3 atom stereocenters. The average molecular weight is 239 g/mol. The van der Waals surface area contributed by atoms with Crippen LogP contribution in [0.25, 0.3) is 0 Å². The molecule has 2 heteroatoms. The fourth-order valence-corrected chi connectivity index (χ4v) is 2.78. The van der Waals surface area contributed by atoms with Gasteiger partial charge in [-0.15, -0.1) is 0 Å². The summed E-state index contributed by atoms with van der Waals surface area (Å²) in [5, 5.41) is 3.80. The second kappa shape index (κ2) is 5.27. The summed E-state index contributed by atoms with van der Waals surface area (Å²) in [6.07, 6.45) is 7.08. The largest absolute Gasteiger partial charge is 0.376 e. The molecule has 1 aliphatic heterocycles. The third kappa shape index (κ3) is 4.26. The molecule has 2 nitrogen and oxygen atoms in total. The lowest BCUT2D eigenvalue weighted by Crippen LogP contribution is -2.42. The van der Waals surface area contributed by atoms with Crippen LogP contribution < -0.4 is 5.32 Å². The number of ether oxygens (including phenoxy) is 1. The Morgan fingerprint density at radius 2 is 1.94 bits per heavy atom. The van der Waals surface area contributed by atoms with Crippen molar-refractivity contribution in [2.45, 2.75) is 78.0 Å². The maximum absolute atomic E-state index is 5.87. The predicted octanol–water partition coefficient (Wildman–Crippen LogP) is 3.36. The van der Waals surface area contributed by atoms with Crippen molar-refractivity contribution < 1.29 is 4.74 Å². The molecule has 17 heavy (non-hydrogen) atoms. The van der Waals surface area contributed by atoms with Gasteiger partial charge in [-0.25, -0.2) is 0 Å². The molecule has 1 aliphatic carbocycles. The Bertz CT molecular complexity index is 242. The summed E-state index contributed by atoms with van der Waals surface area (Å²) in [5.74, 6) is 0.866. The van der Waals surface area contributed by atoms with Crippen molar-refractivity contribution in [3.63, 3.8) is 0 Å². The van der Waals surface area contributed by atoms with Crippen molar-refractivity contribution >= 4 is 0 Å². The van der Waals surface area contributed by atoms with E-state index in [1.807, 2.05) is 0 Å². The SMILES string of the molecule is CC(CCC(C)(C)C)NC1CCOC1C1CC1. The van der Waals surface area contributed by atoms with E-state index in [0.29, 0.717) is 23.6 Å². The first kappa shape index (κ1) is 13.4. The van der Waals surface area contributed by atoms with E-state index in [1.165, 1.54) is 32.1 Å². The van der Waals surface area contributed by atoms with Gasteiger partial charge in [0.15, 0.2) is 0 Å². The molecular formula is C15H29NO. The van der Waals surface area contributed by atoms with Gasteiger partial charge < -0.3 is 10.1 Å². The normalized spacial score (nSPS) is 31.8. The second-order valence-electron chi connectivity index (χ2n) is 7.24. The van der Waals surface area contributed by atoms with Gasteiger partial charge in [0, 0.05) is 18.7 Å². The van der Waals surface area contributed by atoms with Gasteiger partial charge in [-0.2, -0.15) is 0 Å². The zero-order chi connectivity index (χ0) is 12.5. The van der Waals surface area contributed by atoms with E-state index >= 15 is 0 Å². The Hall–Kier alpha value is -0.0800. The molecule has 0 amide bonds. The molecule has 1 N–H and O–H groups in total. The molecule has 0 aromatic heterocycles. The Morgan fingerprint density at radius 1 is 1.24 bits per heavy atom. The van der Waals surface area contributed by atoms with E-state index < -0.39 is 0 Å². The highest BCUT2D eigenvalue weighted by molar-refractivity contribution is 4.94. The summed E-state index contributed by atoms with van der Waals surface area (Å²) >= 11 is 0. The predicted molar refractivity (Wildman–Crippen MR) is 72.2 cm³/mol. The molecular weight excluding hydrogens is 210 g/mol. The molecule has 2 fully saturated rings. The summed E-state index contributed by atoms with van der Waals surface area (Å²) in [4.78, 5) is 0. The molecule has 0 bridgehead atoms. The average Bonchev–Trinajstić information content (AvgIpc) is 2.97. The van der Waals surface area contributed by atoms with E-state index in [-0.39, 0.29) is 0 Å². The van der Waals surface area contributed by atoms with Crippen molar-refractivity contribution in [3.05, 3.63) is 0 Å². The smallest absolute Gasteiger partial charge is 0.0757 e. The van der Waals surface area contributed by atoms with Crippen LogP contribution in [0, 0.1) is 11.3 Å². The molecule has 1 heterocycles. The molecule has 0 spiro atoms.